The van der Waals surface area contributed by atoms with Crippen molar-refractivity contribution in [3.63, 3.8) is 0 Å². The first-order valence-electron chi connectivity index (χ1n) is 6.62. The summed E-state index contributed by atoms with van der Waals surface area (Å²) in [6.45, 7) is 7.92. The molecule has 0 spiro atoms. The van der Waals surface area contributed by atoms with Gasteiger partial charge < -0.3 is 5.32 Å². The van der Waals surface area contributed by atoms with Gasteiger partial charge in [0.05, 0.1) is 0 Å². The minimum absolute atomic E-state index is 0.496. The SMILES string of the molecule is CCC(NCCCC(C)C)c1ccc(Br)cc1. The number of nitrogens with one attached hydrogen (secondary N) is 1. The molecule has 0 aliphatic rings. The lowest BCUT2D eigenvalue weighted by Crippen LogP contribution is -2.22. The Morgan fingerprint density at radius 3 is 2.35 bits per heavy atom. The molecule has 2 heteroatoms. The van der Waals surface area contributed by atoms with Gasteiger partial charge in [0.2, 0.25) is 0 Å². The zero-order valence-electron chi connectivity index (χ0n) is 11.2. The van der Waals surface area contributed by atoms with E-state index in [1.165, 1.54) is 18.4 Å². The molecular formula is C15H24BrN. The zero-order valence-corrected chi connectivity index (χ0v) is 12.8. The Morgan fingerprint density at radius 2 is 1.82 bits per heavy atom. The van der Waals surface area contributed by atoms with Gasteiger partial charge in [-0.05, 0) is 49.4 Å². The van der Waals surface area contributed by atoms with Gasteiger partial charge in [0.15, 0.2) is 0 Å². The van der Waals surface area contributed by atoms with Crippen molar-refractivity contribution in [2.24, 2.45) is 5.92 Å². The molecule has 96 valence electrons. The maximum Gasteiger partial charge on any atom is 0.0317 e. The molecule has 0 saturated heterocycles. The summed E-state index contributed by atoms with van der Waals surface area (Å²) < 4.78 is 1.15. The molecule has 0 aromatic heterocycles. The quantitative estimate of drug-likeness (QED) is 0.704. The lowest BCUT2D eigenvalue weighted by molar-refractivity contribution is 0.473. The molecule has 1 unspecified atom stereocenters. The van der Waals surface area contributed by atoms with Gasteiger partial charge in [-0.3, -0.25) is 0 Å². The van der Waals surface area contributed by atoms with Gasteiger partial charge in [-0.1, -0.05) is 48.8 Å². The number of benzene rings is 1. The Bertz CT molecular complexity index is 305. The molecule has 0 fully saturated rings. The molecule has 0 heterocycles. The molecule has 1 atom stereocenters. The van der Waals surface area contributed by atoms with Crippen LogP contribution in [0, 0.1) is 5.92 Å². The number of halogens is 1. The third kappa shape index (κ3) is 5.69. The molecule has 0 radical (unpaired) electrons. The van der Waals surface area contributed by atoms with Crippen molar-refractivity contribution in [1.82, 2.24) is 5.32 Å². The Morgan fingerprint density at radius 1 is 1.18 bits per heavy atom. The van der Waals surface area contributed by atoms with Crippen molar-refractivity contribution in [3.8, 4) is 0 Å². The number of hydrogen-bond donors (Lipinski definition) is 1. The van der Waals surface area contributed by atoms with Gasteiger partial charge in [0.25, 0.3) is 0 Å². The standard InChI is InChI=1S/C15H24BrN/c1-4-15(17-11-5-6-12(2)3)13-7-9-14(16)10-8-13/h7-10,12,15,17H,4-6,11H2,1-3H3. The topological polar surface area (TPSA) is 12.0 Å². The fourth-order valence-corrected chi connectivity index (χ4v) is 2.24. The maximum absolute atomic E-state index is 3.65. The van der Waals surface area contributed by atoms with Crippen LogP contribution in [-0.4, -0.2) is 6.54 Å². The molecule has 1 aromatic carbocycles. The first kappa shape index (κ1) is 14.7. The lowest BCUT2D eigenvalue weighted by atomic mass is 10.0. The second-order valence-electron chi connectivity index (χ2n) is 5.00. The third-order valence-corrected chi connectivity index (χ3v) is 3.56. The van der Waals surface area contributed by atoms with Crippen LogP contribution in [0.3, 0.4) is 0 Å². The number of rotatable bonds is 7. The molecule has 0 bridgehead atoms. The average molecular weight is 298 g/mol. The van der Waals surface area contributed by atoms with Crippen molar-refractivity contribution < 1.29 is 0 Å². The van der Waals surface area contributed by atoms with E-state index in [0.29, 0.717) is 6.04 Å². The summed E-state index contributed by atoms with van der Waals surface area (Å²) in [5.74, 6) is 0.810. The number of hydrogen-bond acceptors (Lipinski definition) is 1. The monoisotopic (exact) mass is 297 g/mol. The summed E-state index contributed by atoms with van der Waals surface area (Å²) in [6, 6.07) is 9.14. The summed E-state index contributed by atoms with van der Waals surface area (Å²) in [5.41, 5.74) is 1.39. The Kier molecular flexibility index (Phi) is 6.83. The first-order valence-corrected chi connectivity index (χ1v) is 7.41. The molecule has 1 aromatic rings. The van der Waals surface area contributed by atoms with E-state index in [-0.39, 0.29) is 0 Å². The summed E-state index contributed by atoms with van der Waals surface area (Å²) in [7, 11) is 0. The van der Waals surface area contributed by atoms with Crippen LogP contribution >= 0.6 is 15.9 Å². The van der Waals surface area contributed by atoms with Gasteiger partial charge in [-0.15, -0.1) is 0 Å². The molecule has 1 rings (SSSR count). The van der Waals surface area contributed by atoms with Crippen LogP contribution in [-0.2, 0) is 0 Å². The van der Waals surface area contributed by atoms with Gasteiger partial charge in [-0.2, -0.15) is 0 Å². The minimum Gasteiger partial charge on any atom is -0.310 e. The third-order valence-electron chi connectivity index (χ3n) is 3.03. The molecule has 0 aliphatic heterocycles. The van der Waals surface area contributed by atoms with Crippen LogP contribution < -0.4 is 5.32 Å². The van der Waals surface area contributed by atoms with E-state index in [4.69, 9.17) is 0 Å². The van der Waals surface area contributed by atoms with Gasteiger partial charge in [-0.25, -0.2) is 0 Å². The second kappa shape index (κ2) is 7.88. The summed E-state index contributed by atoms with van der Waals surface area (Å²) >= 11 is 3.48. The van der Waals surface area contributed by atoms with Crippen molar-refractivity contribution >= 4 is 15.9 Å². The van der Waals surface area contributed by atoms with Crippen LogP contribution in [0.5, 0.6) is 0 Å². The van der Waals surface area contributed by atoms with Gasteiger partial charge in [0, 0.05) is 10.5 Å². The van der Waals surface area contributed by atoms with Crippen LogP contribution in [0.25, 0.3) is 0 Å². The van der Waals surface area contributed by atoms with E-state index >= 15 is 0 Å². The molecule has 1 nitrogen and oxygen atoms in total. The normalized spacial score (nSPS) is 13.0. The van der Waals surface area contributed by atoms with Gasteiger partial charge >= 0.3 is 0 Å². The highest BCUT2D eigenvalue weighted by atomic mass is 79.9. The fourth-order valence-electron chi connectivity index (χ4n) is 1.98. The molecule has 0 amide bonds. The highest BCUT2D eigenvalue weighted by molar-refractivity contribution is 9.10. The molecule has 0 saturated carbocycles. The van der Waals surface area contributed by atoms with E-state index in [2.05, 4.69) is 66.3 Å². The van der Waals surface area contributed by atoms with Crippen molar-refractivity contribution in [1.29, 1.82) is 0 Å². The molecular weight excluding hydrogens is 274 g/mol. The highest BCUT2D eigenvalue weighted by Gasteiger charge is 2.07. The second-order valence-corrected chi connectivity index (χ2v) is 5.92. The zero-order chi connectivity index (χ0) is 12.7. The Labute approximate surface area is 114 Å². The van der Waals surface area contributed by atoms with E-state index in [9.17, 15) is 0 Å². The minimum atomic E-state index is 0.496. The lowest BCUT2D eigenvalue weighted by Gasteiger charge is -2.18. The molecule has 1 N–H and O–H groups in total. The van der Waals surface area contributed by atoms with Crippen molar-refractivity contribution in [2.75, 3.05) is 6.54 Å². The van der Waals surface area contributed by atoms with Crippen molar-refractivity contribution in [3.05, 3.63) is 34.3 Å². The Balaban J connectivity index is 2.40. The highest BCUT2D eigenvalue weighted by Crippen LogP contribution is 2.19. The summed E-state index contributed by atoms with van der Waals surface area (Å²) in [5, 5.41) is 3.65. The van der Waals surface area contributed by atoms with Crippen LogP contribution in [0.1, 0.15) is 51.6 Å². The predicted molar refractivity (Wildman–Crippen MR) is 79.2 cm³/mol. The first-order chi connectivity index (χ1) is 8.13. The average Bonchev–Trinajstić information content (AvgIpc) is 2.30. The largest absolute Gasteiger partial charge is 0.310 e. The van der Waals surface area contributed by atoms with E-state index < -0.39 is 0 Å². The smallest absolute Gasteiger partial charge is 0.0317 e. The Hall–Kier alpha value is -0.340. The van der Waals surface area contributed by atoms with Gasteiger partial charge in [0.1, 0.15) is 0 Å². The van der Waals surface area contributed by atoms with E-state index in [1.54, 1.807) is 0 Å². The molecule has 0 aliphatic carbocycles. The fraction of sp³-hybridized carbons (Fsp3) is 0.600. The summed E-state index contributed by atoms with van der Waals surface area (Å²) in [6.07, 6.45) is 3.72. The predicted octanol–water partition coefficient (Wildman–Crippen LogP) is 4.93. The van der Waals surface area contributed by atoms with Crippen LogP contribution in [0.15, 0.2) is 28.7 Å². The van der Waals surface area contributed by atoms with E-state index in [1.807, 2.05) is 0 Å². The maximum atomic E-state index is 3.65. The van der Waals surface area contributed by atoms with Crippen molar-refractivity contribution in [2.45, 2.75) is 46.1 Å². The van der Waals surface area contributed by atoms with E-state index in [0.717, 1.165) is 23.4 Å². The molecule has 17 heavy (non-hydrogen) atoms. The summed E-state index contributed by atoms with van der Waals surface area (Å²) in [4.78, 5) is 0. The van der Waals surface area contributed by atoms with Crippen LogP contribution in [0.4, 0.5) is 0 Å². The van der Waals surface area contributed by atoms with Crippen LogP contribution in [0.2, 0.25) is 0 Å².